The number of methoxy groups -OCH3 is 3. The van der Waals surface area contributed by atoms with Crippen LogP contribution in [0.5, 0.6) is 17.2 Å². The third-order valence-corrected chi connectivity index (χ3v) is 3.39. The Morgan fingerprint density at radius 3 is 2.13 bits per heavy atom. The Morgan fingerprint density at radius 2 is 1.52 bits per heavy atom. The molecule has 0 fully saturated rings. The molecule has 1 N–H and O–H groups in total. The number of benzene rings is 2. The third kappa shape index (κ3) is 2.96. The maximum absolute atomic E-state index is 5.35. The normalized spacial score (nSPS) is 10.4. The van der Waals surface area contributed by atoms with Crippen LogP contribution in [0.2, 0.25) is 0 Å². The Kier molecular flexibility index (Phi) is 4.14. The summed E-state index contributed by atoms with van der Waals surface area (Å²) in [6.45, 7) is 0. The number of hydrogen-bond acceptors (Lipinski definition) is 6. The molecule has 1 aromatic heterocycles. The summed E-state index contributed by atoms with van der Waals surface area (Å²) in [5, 5.41) is 3.21. The number of para-hydroxylation sites is 2. The molecule has 6 heteroatoms. The van der Waals surface area contributed by atoms with Crippen LogP contribution in [0.3, 0.4) is 0 Å². The summed E-state index contributed by atoms with van der Waals surface area (Å²) in [5.41, 5.74) is 2.44. The van der Waals surface area contributed by atoms with E-state index in [2.05, 4.69) is 15.3 Å². The van der Waals surface area contributed by atoms with Crippen LogP contribution in [0.4, 0.5) is 11.5 Å². The van der Waals surface area contributed by atoms with Crippen molar-refractivity contribution in [1.29, 1.82) is 0 Å². The van der Waals surface area contributed by atoms with E-state index < -0.39 is 0 Å². The van der Waals surface area contributed by atoms with E-state index in [4.69, 9.17) is 14.2 Å². The number of ether oxygens (including phenoxy) is 3. The number of nitrogens with zero attached hydrogens (tertiary/aromatic N) is 2. The lowest BCUT2D eigenvalue weighted by Crippen LogP contribution is -1.99. The summed E-state index contributed by atoms with van der Waals surface area (Å²) in [7, 11) is 4.73. The van der Waals surface area contributed by atoms with Gasteiger partial charge in [0, 0.05) is 17.8 Å². The Hall–Kier alpha value is -3.02. The van der Waals surface area contributed by atoms with Crippen molar-refractivity contribution in [1.82, 2.24) is 9.97 Å². The SMILES string of the molecule is COc1cc(Nc2cnc3ccccc3n2)cc(OC)c1OC. The Bertz CT molecular complexity index is 811. The van der Waals surface area contributed by atoms with Gasteiger partial charge in [-0.1, -0.05) is 12.1 Å². The van der Waals surface area contributed by atoms with E-state index >= 15 is 0 Å². The highest BCUT2D eigenvalue weighted by Gasteiger charge is 2.13. The van der Waals surface area contributed by atoms with Crippen LogP contribution in [-0.2, 0) is 0 Å². The minimum Gasteiger partial charge on any atom is -0.493 e. The van der Waals surface area contributed by atoms with Crippen LogP contribution in [-0.4, -0.2) is 31.3 Å². The number of anilines is 2. The monoisotopic (exact) mass is 311 g/mol. The summed E-state index contributed by atoms with van der Waals surface area (Å²) >= 11 is 0. The fourth-order valence-corrected chi connectivity index (χ4v) is 2.32. The molecule has 0 saturated heterocycles. The van der Waals surface area contributed by atoms with Crippen molar-refractivity contribution in [3.63, 3.8) is 0 Å². The zero-order valence-corrected chi connectivity index (χ0v) is 13.2. The van der Waals surface area contributed by atoms with Crippen molar-refractivity contribution in [3.8, 4) is 17.2 Å². The Labute approximate surface area is 134 Å². The van der Waals surface area contributed by atoms with Gasteiger partial charge in [-0.05, 0) is 12.1 Å². The predicted molar refractivity (Wildman–Crippen MR) is 88.9 cm³/mol. The summed E-state index contributed by atoms with van der Waals surface area (Å²) < 4.78 is 16.0. The van der Waals surface area contributed by atoms with Gasteiger partial charge >= 0.3 is 0 Å². The molecule has 0 aliphatic rings. The molecule has 0 atom stereocenters. The second kappa shape index (κ2) is 6.39. The van der Waals surface area contributed by atoms with Gasteiger partial charge in [0.2, 0.25) is 5.75 Å². The van der Waals surface area contributed by atoms with Crippen LogP contribution >= 0.6 is 0 Å². The second-order valence-electron chi connectivity index (χ2n) is 4.78. The van der Waals surface area contributed by atoms with E-state index in [0.29, 0.717) is 23.1 Å². The van der Waals surface area contributed by atoms with Crippen molar-refractivity contribution >= 4 is 22.5 Å². The topological polar surface area (TPSA) is 65.5 Å². The molecule has 0 amide bonds. The van der Waals surface area contributed by atoms with E-state index in [0.717, 1.165) is 16.7 Å². The average molecular weight is 311 g/mol. The smallest absolute Gasteiger partial charge is 0.203 e. The van der Waals surface area contributed by atoms with Gasteiger partial charge in [-0.25, -0.2) is 4.98 Å². The minimum atomic E-state index is 0.546. The van der Waals surface area contributed by atoms with Crippen molar-refractivity contribution < 1.29 is 14.2 Å². The van der Waals surface area contributed by atoms with Crippen molar-refractivity contribution in [2.75, 3.05) is 26.6 Å². The zero-order chi connectivity index (χ0) is 16.2. The first-order valence-electron chi connectivity index (χ1n) is 7.04. The van der Waals surface area contributed by atoms with E-state index in [1.165, 1.54) is 0 Å². The third-order valence-electron chi connectivity index (χ3n) is 3.39. The number of rotatable bonds is 5. The van der Waals surface area contributed by atoms with Gasteiger partial charge < -0.3 is 19.5 Å². The number of fused-ring (bicyclic) bond motifs is 1. The zero-order valence-electron chi connectivity index (χ0n) is 13.2. The van der Waals surface area contributed by atoms with Gasteiger partial charge in [-0.3, -0.25) is 4.98 Å². The Balaban J connectivity index is 1.97. The quantitative estimate of drug-likeness (QED) is 0.779. The minimum absolute atomic E-state index is 0.546. The summed E-state index contributed by atoms with van der Waals surface area (Å²) in [5.74, 6) is 2.33. The predicted octanol–water partition coefficient (Wildman–Crippen LogP) is 3.40. The van der Waals surface area contributed by atoms with E-state index in [1.54, 1.807) is 27.5 Å². The van der Waals surface area contributed by atoms with Crippen molar-refractivity contribution in [2.24, 2.45) is 0 Å². The molecule has 3 rings (SSSR count). The maximum atomic E-state index is 5.35. The lowest BCUT2D eigenvalue weighted by molar-refractivity contribution is 0.324. The lowest BCUT2D eigenvalue weighted by Gasteiger charge is -2.14. The van der Waals surface area contributed by atoms with Crippen LogP contribution in [0, 0.1) is 0 Å². The maximum Gasteiger partial charge on any atom is 0.203 e. The van der Waals surface area contributed by atoms with Crippen LogP contribution < -0.4 is 19.5 Å². The fourth-order valence-electron chi connectivity index (χ4n) is 2.32. The van der Waals surface area contributed by atoms with E-state index in [-0.39, 0.29) is 0 Å². The molecular formula is C17H17N3O3. The first kappa shape index (κ1) is 14.9. The van der Waals surface area contributed by atoms with Gasteiger partial charge in [0.15, 0.2) is 11.5 Å². The first-order chi connectivity index (χ1) is 11.2. The molecule has 0 spiro atoms. The molecule has 0 saturated carbocycles. The fraction of sp³-hybridized carbons (Fsp3) is 0.176. The van der Waals surface area contributed by atoms with Gasteiger partial charge in [0.05, 0.1) is 38.6 Å². The molecule has 23 heavy (non-hydrogen) atoms. The second-order valence-corrected chi connectivity index (χ2v) is 4.78. The summed E-state index contributed by atoms with van der Waals surface area (Å²) in [6.07, 6.45) is 1.69. The standard InChI is InChI=1S/C17H17N3O3/c1-21-14-8-11(9-15(22-2)17(14)23-3)19-16-10-18-12-6-4-5-7-13(12)20-16/h4-10H,1-3H3,(H,19,20). The van der Waals surface area contributed by atoms with Crippen molar-refractivity contribution in [2.45, 2.75) is 0 Å². The molecule has 2 aromatic carbocycles. The molecular weight excluding hydrogens is 294 g/mol. The van der Waals surface area contributed by atoms with Gasteiger partial charge in [0.25, 0.3) is 0 Å². The van der Waals surface area contributed by atoms with E-state index in [1.807, 2.05) is 36.4 Å². The highest BCUT2D eigenvalue weighted by molar-refractivity contribution is 5.76. The molecule has 0 bridgehead atoms. The first-order valence-corrected chi connectivity index (χ1v) is 7.04. The van der Waals surface area contributed by atoms with Crippen LogP contribution in [0.25, 0.3) is 11.0 Å². The van der Waals surface area contributed by atoms with Gasteiger partial charge in [0.1, 0.15) is 5.82 Å². The van der Waals surface area contributed by atoms with Crippen LogP contribution in [0.1, 0.15) is 0 Å². The largest absolute Gasteiger partial charge is 0.493 e. The molecule has 6 nitrogen and oxygen atoms in total. The highest BCUT2D eigenvalue weighted by atomic mass is 16.5. The number of nitrogens with one attached hydrogen (secondary N) is 1. The number of hydrogen-bond donors (Lipinski definition) is 1. The van der Waals surface area contributed by atoms with Crippen molar-refractivity contribution in [3.05, 3.63) is 42.6 Å². The number of aromatic nitrogens is 2. The molecule has 1 heterocycles. The van der Waals surface area contributed by atoms with Crippen LogP contribution in [0.15, 0.2) is 42.6 Å². The molecule has 0 radical (unpaired) electrons. The molecule has 118 valence electrons. The van der Waals surface area contributed by atoms with Gasteiger partial charge in [-0.15, -0.1) is 0 Å². The van der Waals surface area contributed by atoms with E-state index in [9.17, 15) is 0 Å². The highest BCUT2D eigenvalue weighted by Crippen LogP contribution is 2.40. The molecule has 0 aliphatic carbocycles. The molecule has 0 unspecified atom stereocenters. The average Bonchev–Trinajstić information content (AvgIpc) is 2.60. The summed E-state index contributed by atoms with van der Waals surface area (Å²) in [6, 6.07) is 11.3. The molecule has 3 aromatic rings. The van der Waals surface area contributed by atoms with Gasteiger partial charge in [-0.2, -0.15) is 0 Å². The Morgan fingerprint density at radius 1 is 0.870 bits per heavy atom. The lowest BCUT2D eigenvalue weighted by atomic mass is 10.2. The summed E-state index contributed by atoms with van der Waals surface area (Å²) in [4.78, 5) is 8.92. The molecule has 0 aliphatic heterocycles.